The Morgan fingerprint density at radius 1 is 1.75 bits per heavy atom. The molecule has 64 valence electrons. The van der Waals surface area contributed by atoms with Gasteiger partial charge in [0.1, 0.15) is 5.03 Å². The van der Waals surface area contributed by atoms with Gasteiger partial charge in [-0.25, -0.2) is 4.98 Å². The van der Waals surface area contributed by atoms with Gasteiger partial charge in [0.2, 0.25) is 5.91 Å². The van der Waals surface area contributed by atoms with E-state index in [1.165, 1.54) is 13.3 Å². The van der Waals surface area contributed by atoms with Crippen LogP contribution in [0, 0.1) is 0 Å². The number of hydrogen-bond acceptors (Lipinski definition) is 4. The first kappa shape index (κ1) is 9.02. The van der Waals surface area contributed by atoms with E-state index in [2.05, 4.69) is 4.98 Å². The molecule has 0 aliphatic heterocycles. The lowest BCUT2D eigenvalue weighted by Gasteiger charge is -1.98. The molecular weight excluding hydrogens is 176 g/mol. The summed E-state index contributed by atoms with van der Waals surface area (Å²) in [6, 6.07) is 3.14. The highest BCUT2D eigenvalue weighted by Crippen LogP contribution is 2.15. The van der Waals surface area contributed by atoms with Crippen molar-refractivity contribution in [2.45, 2.75) is 5.03 Å². The second-order valence-electron chi connectivity index (χ2n) is 2.00. The zero-order chi connectivity index (χ0) is 8.97. The molecular formula is C7H8N2O2S. The van der Waals surface area contributed by atoms with Crippen molar-refractivity contribution in [2.24, 2.45) is 5.73 Å². The van der Waals surface area contributed by atoms with Gasteiger partial charge in [0, 0.05) is 23.8 Å². The van der Waals surface area contributed by atoms with Crippen LogP contribution in [0.2, 0.25) is 0 Å². The zero-order valence-electron chi connectivity index (χ0n) is 6.48. The Bertz CT molecular complexity index is 290. The lowest BCUT2D eigenvalue weighted by atomic mass is 10.3. The van der Waals surface area contributed by atoms with Crippen LogP contribution in [0.3, 0.4) is 0 Å². The smallest absolute Gasteiger partial charge is 0.248 e. The van der Waals surface area contributed by atoms with Crippen molar-refractivity contribution in [1.29, 1.82) is 0 Å². The number of aromatic nitrogens is 1. The van der Waals surface area contributed by atoms with Gasteiger partial charge in [0.25, 0.3) is 0 Å². The Hall–Kier alpha value is -1.07. The summed E-state index contributed by atoms with van der Waals surface area (Å²) in [7, 11) is 1.53. The highest BCUT2D eigenvalue weighted by molar-refractivity contribution is 7.94. The summed E-state index contributed by atoms with van der Waals surface area (Å²) < 4.78 is 4.76. The Morgan fingerprint density at radius 3 is 3.08 bits per heavy atom. The molecule has 0 saturated carbocycles. The molecule has 5 heteroatoms. The fourth-order valence-corrected chi connectivity index (χ4v) is 1.14. The topological polar surface area (TPSA) is 65.2 Å². The molecule has 12 heavy (non-hydrogen) atoms. The van der Waals surface area contributed by atoms with Crippen LogP contribution in [-0.4, -0.2) is 18.0 Å². The second kappa shape index (κ2) is 4.08. The molecule has 4 nitrogen and oxygen atoms in total. The zero-order valence-corrected chi connectivity index (χ0v) is 7.30. The largest absolute Gasteiger partial charge is 0.366 e. The minimum Gasteiger partial charge on any atom is -0.366 e. The Kier molecular flexibility index (Phi) is 3.07. The fourth-order valence-electron chi connectivity index (χ4n) is 0.694. The van der Waals surface area contributed by atoms with Gasteiger partial charge in [-0.3, -0.25) is 4.79 Å². The van der Waals surface area contributed by atoms with Crippen LogP contribution in [0.25, 0.3) is 0 Å². The van der Waals surface area contributed by atoms with E-state index in [1.807, 2.05) is 0 Å². The highest BCUT2D eigenvalue weighted by atomic mass is 32.2. The summed E-state index contributed by atoms with van der Waals surface area (Å²) in [5.74, 6) is -0.463. The Morgan fingerprint density at radius 2 is 2.50 bits per heavy atom. The monoisotopic (exact) mass is 184 g/mol. The van der Waals surface area contributed by atoms with E-state index in [9.17, 15) is 4.79 Å². The molecule has 0 spiro atoms. The number of hydrogen-bond donors (Lipinski definition) is 1. The van der Waals surface area contributed by atoms with Crippen molar-refractivity contribution in [3.05, 3.63) is 23.9 Å². The number of primary amides is 1. The van der Waals surface area contributed by atoms with E-state index in [-0.39, 0.29) is 0 Å². The standard InChI is InChI=1S/C7H8N2O2S/c1-11-12-6-4-5(7(8)10)2-3-9-6/h2-4H,1H3,(H2,8,10). The molecule has 0 aliphatic rings. The molecule has 1 aromatic rings. The summed E-state index contributed by atoms with van der Waals surface area (Å²) in [4.78, 5) is 14.6. The molecule has 1 rings (SSSR count). The van der Waals surface area contributed by atoms with Gasteiger partial charge in [0.05, 0.1) is 7.11 Å². The molecule has 2 N–H and O–H groups in total. The maximum Gasteiger partial charge on any atom is 0.248 e. The second-order valence-corrected chi connectivity index (χ2v) is 2.92. The number of rotatable bonds is 3. The van der Waals surface area contributed by atoms with E-state index in [0.717, 1.165) is 12.0 Å². The summed E-state index contributed by atoms with van der Waals surface area (Å²) in [5, 5.41) is 0.619. The molecule has 0 saturated heterocycles. The van der Waals surface area contributed by atoms with Crippen molar-refractivity contribution < 1.29 is 8.98 Å². The normalized spacial score (nSPS) is 9.75. The van der Waals surface area contributed by atoms with Crippen LogP contribution >= 0.6 is 12.0 Å². The molecule has 0 bridgehead atoms. The van der Waals surface area contributed by atoms with Crippen LogP contribution in [0.4, 0.5) is 0 Å². The van der Waals surface area contributed by atoms with Crippen molar-refractivity contribution in [2.75, 3.05) is 7.11 Å². The van der Waals surface area contributed by atoms with E-state index < -0.39 is 5.91 Å². The fraction of sp³-hybridized carbons (Fsp3) is 0.143. The van der Waals surface area contributed by atoms with E-state index >= 15 is 0 Å². The third-order valence-electron chi connectivity index (χ3n) is 1.19. The summed E-state index contributed by atoms with van der Waals surface area (Å²) in [6.45, 7) is 0. The number of pyridine rings is 1. The van der Waals surface area contributed by atoms with Gasteiger partial charge in [0.15, 0.2) is 0 Å². The van der Waals surface area contributed by atoms with Crippen molar-refractivity contribution in [1.82, 2.24) is 4.98 Å². The average Bonchev–Trinajstić information content (AvgIpc) is 2.05. The predicted octanol–water partition coefficient (Wildman–Crippen LogP) is 0.834. The molecule has 0 radical (unpaired) electrons. The predicted molar refractivity (Wildman–Crippen MR) is 45.6 cm³/mol. The third kappa shape index (κ3) is 2.21. The van der Waals surface area contributed by atoms with Crippen LogP contribution in [0.5, 0.6) is 0 Å². The van der Waals surface area contributed by atoms with E-state index in [0.29, 0.717) is 10.6 Å². The lowest BCUT2D eigenvalue weighted by Crippen LogP contribution is -2.10. The molecule has 0 fully saturated rings. The first-order valence-corrected chi connectivity index (χ1v) is 3.94. The summed E-state index contributed by atoms with van der Waals surface area (Å²) >= 11 is 1.09. The lowest BCUT2D eigenvalue weighted by molar-refractivity contribution is 0.1000. The van der Waals surface area contributed by atoms with Crippen molar-refractivity contribution in [3.8, 4) is 0 Å². The quantitative estimate of drug-likeness (QED) is 0.707. The van der Waals surface area contributed by atoms with Gasteiger partial charge < -0.3 is 9.92 Å². The van der Waals surface area contributed by atoms with Gasteiger partial charge in [-0.1, -0.05) is 0 Å². The van der Waals surface area contributed by atoms with Crippen molar-refractivity contribution in [3.63, 3.8) is 0 Å². The first-order valence-electron chi connectivity index (χ1n) is 3.20. The highest BCUT2D eigenvalue weighted by Gasteiger charge is 2.01. The van der Waals surface area contributed by atoms with Gasteiger partial charge >= 0.3 is 0 Å². The molecule has 0 aromatic carbocycles. The number of amides is 1. The van der Waals surface area contributed by atoms with Crippen LogP contribution in [0.15, 0.2) is 23.4 Å². The molecule has 0 aliphatic carbocycles. The molecule has 0 atom stereocenters. The molecule has 0 unspecified atom stereocenters. The van der Waals surface area contributed by atoms with E-state index in [1.54, 1.807) is 12.1 Å². The van der Waals surface area contributed by atoms with Crippen LogP contribution in [0.1, 0.15) is 10.4 Å². The SMILES string of the molecule is COSc1cc(C(N)=O)ccn1. The molecule has 1 heterocycles. The Balaban J connectivity index is 2.88. The first-order chi connectivity index (χ1) is 5.74. The van der Waals surface area contributed by atoms with Gasteiger partial charge in [-0.05, 0) is 12.1 Å². The number of carbonyl (C=O) groups is 1. The number of nitrogens with two attached hydrogens (primary N) is 1. The number of nitrogens with zero attached hydrogens (tertiary/aromatic N) is 1. The Labute approximate surface area is 74.3 Å². The van der Waals surface area contributed by atoms with Gasteiger partial charge in [-0.2, -0.15) is 0 Å². The summed E-state index contributed by atoms with van der Waals surface area (Å²) in [6.07, 6.45) is 1.52. The maximum atomic E-state index is 10.7. The van der Waals surface area contributed by atoms with Crippen LogP contribution < -0.4 is 5.73 Å². The average molecular weight is 184 g/mol. The number of carbonyl (C=O) groups excluding carboxylic acids is 1. The van der Waals surface area contributed by atoms with Gasteiger partial charge in [-0.15, -0.1) is 0 Å². The molecule has 1 amide bonds. The summed E-state index contributed by atoms with van der Waals surface area (Å²) in [5.41, 5.74) is 5.50. The van der Waals surface area contributed by atoms with E-state index in [4.69, 9.17) is 9.92 Å². The van der Waals surface area contributed by atoms with Crippen LogP contribution in [-0.2, 0) is 4.18 Å². The minimum absolute atomic E-state index is 0.435. The minimum atomic E-state index is -0.463. The maximum absolute atomic E-state index is 10.7. The third-order valence-corrected chi connectivity index (χ3v) is 1.75. The molecule has 1 aromatic heterocycles. The van der Waals surface area contributed by atoms with Crippen molar-refractivity contribution >= 4 is 17.9 Å².